The van der Waals surface area contributed by atoms with Gasteiger partial charge in [0.05, 0.1) is 0 Å². The van der Waals surface area contributed by atoms with Gasteiger partial charge in [0.25, 0.3) is 0 Å². The van der Waals surface area contributed by atoms with Gasteiger partial charge in [0, 0.05) is 18.4 Å². The van der Waals surface area contributed by atoms with E-state index in [0.717, 1.165) is 23.6 Å². The maximum atomic E-state index is 4.06. The van der Waals surface area contributed by atoms with Crippen molar-refractivity contribution in [2.45, 2.75) is 19.8 Å². The first-order chi connectivity index (χ1) is 6.38. The number of alkyl halides is 1. The molecule has 3 nitrogen and oxygen atoms in total. The summed E-state index contributed by atoms with van der Waals surface area (Å²) in [5, 5.41) is 9.92. The predicted octanol–water partition coefficient (Wildman–Crippen LogP) is 2.54. The fourth-order valence-electron chi connectivity index (χ4n) is 1.06. The van der Waals surface area contributed by atoms with E-state index in [0.29, 0.717) is 0 Å². The van der Waals surface area contributed by atoms with Crippen molar-refractivity contribution in [3.05, 3.63) is 5.51 Å². The van der Waals surface area contributed by atoms with Gasteiger partial charge in [0.2, 0.25) is 5.13 Å². The van der Waals surface area contributed by atoms with Crippen molar-refractivity contribution in [3.8, 4) is 0 Å². The number of halogens is 1. The smallest absolute Gasteiger partial charge is 0.208 e. The number of unbranched alkanes of at least 4 members (excludes halogenated alkanes) is 1. The third-order valence-electron chi connectivity index (χ3n) is 1.76. The Bertz CT molecular complexity index is 215. The van der Waals surface area contributed by atoms with E-state index in [1.807, 2.05) is 0 Å². The van der Waals surface area contributed by atoms with Gasteiger partial charge in [-0.15, -0.1) is 10.2 Å². The van der Waals surface area contributed by atoms with Crippen molar-refractivity contribution in [2.24, 2.45) is 0 Å². The standard InChI is InChI=1S/C8H14BrN3S/c1-2-3-5-12(6-4-9)8-11-10-7-13-8/h7H,2-6H2,1H3. The molecule has 1 heterocycles. The minimum absolute atomic E-state index is 0.982. The van der Waals surface area contributed by atoms with Gasteiger partial charge in [-0.3, -0.25) is 0 Å². The topological polar surface area (TPSA) is 29.0 Å². The average molecular weight is 264 g/mol. The van der Waals surface area contributed by atoms with Gasteiger partial charge in [-0.05, 0) is 6.42 Å². The van der Waals surface area contributed by atoms with E-state index in [2.05, 4.69) is 38.0 Å². The van der Waals surface area contributed by atoms with Crippen LogP contribution in [-0.4, -0.2) is 28.6 Å². The van der Waals surface area contributed by atoms with E-state index in [4.69, 9.17) is 0 Å². The summed E-state index contributed by atoms with van der Waals surface area (Å²) in [6, 6.07) is 0. The van der Waals surface area contributed by atoms with Crippen LogP contribution >= 0.6 is 27.3 Å². The number of hydrogen-bond acceptors (Lipinski definition) is 4. The lowest BCUT2D eigenvalue weighted by Crippen LogP contribution is -2.26. The summed E-state index contributed by atoms with van der Waals surface area (Å²) in [5.74, 6) is 0. The molecule has 74 valence electrons. The summed E-state index contributed by atoms with van der Waals surface area (Å²) in [6.07, 6.45) is 2.43. The van der Waals surface area contributed by atoms with Gasteiger partial charge in [-0.25, -0.2) is 0 Å². The highest BCUT2D eigenvalue weighted by Gasteiger charge is 2.07. The molecule has 0 bridgehead atoms. The van der Waals surface area contributed by atoms with E-state index in [-0.39, 0.29) is 0 Å². The molecule has 1 aromatic rings. The lowest BCUT2D eigenvalue weighted by atomic mass is 10.3. The molecule has 0 aromatic carbocycles. The Kier molecular flexibility index (Phi) is 5.31. The minimum Gasteiger partial charge on any atom is -0.346 e. The fourth-order valence-corrected chi connectivity index (χ4v) is 2.10. The van der Waals surface area contributed by atoms with Gasteiger partial charge < -0.3 is 4.90 Å². The van der Waals surface area contributed by atoms with Crippen molar-refractivity contribution >= 4 is 32.4 Å². The van der Waals surface area contributed by atoms with Gasteiger partial charge in [0.15, 0.2) is 0 Å². The Balaban J connectivity index is 2.47. The molecular weight excluding hydrogens is 250 g/mol. The monoisotopic (exact) mass is 263 g/mol. The van der Waals surface area contributed by atoms with Crippen LogP contribution in [0.5, 0.6) is 0 Å². The molecule has 0 saturated carbocycles. The van der Waals surface area contributed by atoms with Crippen molar-refractivity contribution in [3.63, 3.8) is 0 Å². The van der Waals surface area contributed by atoms with E-state index < -0.39 is 0 Å². The molecule has 0 radical (unpaired) electrons. The van der Waals surface area contributed by atoms with Crippen LogP contribution in [0.1, 0.15) is 19.8 Å². The SMILES string of the molecule is CCCCN(CCBr)c1nncs1. The first kappa shape index (κ1) is 10.9. The second kappa shape index (κ2) is 6.32. The molecule has 0 aliphatic carbocycles. The fraction of sp³-hybridized carbons (Fsp3) is 0.750. The van der Waals surface area contributed by atoms with Crippen molar-refractivity contribution in [2.75, 3.05) is 23.3 Å². The number of aromatic nitrogens is 2. The zero-order valence-electron chi connectivity index (χ0n) is 7.74. The summed E-state index contributed by atoms with van der Waals surface area (Å²) in [7, 11) is 0. The third kappa shape index (κ3) is 3.60. The summed E-state index contributed by atoms with van der Waals surface area (Å²) in [4.78, 5) is 2.27. The Morgan fingerprint density at radius 1 is 1.54 bits per heavy atom. The van der Waals surface area contributed by atoms with Crippen LogP contribution in [0.15, 0.2) is 5.51 Å². The van der Waals surface area contributed by atoms with Crippen molar-refractivity contribution < 1.29 is 0 Å². The summed E-state index contributed by atoms with van der Waals surface area (Å²) in [5.41, 5.74) is 1.78. The second-order valence-electron chi connectivity index (χ2n) is 2.75. The number of nitrogens with zero attached hydrogens (tertiary/aromatic N) is 3. The molecule has 0 unspecified atom stereocenters. The van der Waals surface area contributed by atoms with Crippen LogP contribution in [-0.2, 0) is 0 Å². The van der Waals surface area contributed by atoms with E-state index in [1.54, 1.807) is 16.8 Å². The van der Waals surface area contributed by atoms with Crippen LogP contribution in [0.3, 0.4) is 0 Å². The molecule has 0 amide bonds. The Morgan fingerprint density at radius 3 is 2.92 bits per heavy atom. The Labute approximate surface area is 91.3 Å². The molecule has 13 heavy (non-hydrogen) atoms. The molecule has 1 rings (SSSR count). The van der Waals surface area contributed by atoms with Gasteiger partial charge in [-0.1, -0.05) is 40.6 Å². The van der Waals surface area contributed by atoms with Crippen LogP contribution < -0.4 is 4.90 Å². The van der Waals surface area contributed by atoms with Crippen LogP contribution in [0.4, 0.5) is 5.13 Å². The average Bonchev–Trinajstić information content (AvgIpc) is 2.65. The molecule has 0 atom stereocenters. The van der Waals surface area contributed by atoms with Crippen molar-refractivity contribution in [1.82, 2.24) is 10.2 Å². The first-order valence-corrected chi connectivity index (χ1v) is 6.45. The number of rotatable bonds is 6. The highest BCUT2D eigenvalue weighted by atomic mass is 79.9. The lowest BCUT2D eigenvalue weighted by Gasteiger charge is -2.19. The predicted molar refractivity (Wildman–Crippen MR) is 60.8 cm³/mol. The summed E-state index contributed by atoms with van der Waals surface area (Å²) >= 11 is 5.05. The Morgan fingerprint density at radius 2 is 2.38 bits per heavy atom. The minimum atomic E-state index is 0.982. The first-order valence-electron chi connectivity index (χ1n) is 4.45. The van der Waals surface area contributed by atoms with Crippen LogP contribution in [0, 0.1) is 0 Å². The normalized spacial score (nSPS) is 10.3. The lowest BCUT2D eigenvalue weighted by molar-refractivity contribution is 0.729. The molecular formula is C8H14BrN3S. The molecule has 1 aromatic heterocycles. The Hall–Kier alpha value is -0.160. The second-order valence-corrected chi connectivity index (χ2v) is 4.36. The zero-order valence-corrected chi connectivity index (χ0v) is 10.1. The quantitative estimate of drug-likeness (QED) is 0.739. The summed E-state index contributed by atoms with van der Waals surface area (Å²) < 4.78 is 0. The molecule has 0 aliphatic heterocycles. The van der Waals surface area contributed by atoms with E-state index in [1.165, 1.54) is 12.8 Å². The van der Waals surface area contributed by atoms with Crippen molar-refractivity contribution in [1.29, 1.82) is 0 Å². The van der Waals surface area contributed by atoms with Gasteiger partial charge in [-0.2, -0.15) is 0 Å². The zero-order chi connectivity index (χ0) is 9.52. The largest absolute Gasteiger partial charge is 0.346 e. The highest BCUT2D eigenvalue weighted by molar-refractivity contribution is 9.09. The van der Waals surface area contributed by atoms with Gasteiger partial charge in [0.1, 0.15) is 5.51 Å². The molecule has 5 heteroatoms. The number of hydrogen-bond donors (Lipinski definition) is 0. The van der Waals surface area contributed by atoms with E-state index >= 15 is 0 Å². The molecule has 0 spiro atoms. The molecule has 0 N–H and O–H groups in total. The van der Waals surface area contributed by atoms with Gasteiger partial charge >= 0.3 is 0 Å². The van der Waals surface area contributed by atoms with Crippen LogP contribution in [0.25, 0.3) is 0 Å². The van der Waals surface area contributed by atoms with E-state index in [9.17, 15) is 0 Å². The van der Waals surface area contributed by atoms with Crippen LogP contribution in [0.2, 0.25) is 0 Å². The molecule has 0 fully saturated rings. The maximum Gasteiger partial charge on any atom is 0.208 e. The highest BCUT2D eigenvalue weighted by Crippen LogP contribution is 2.16. The maximum absolute atomic E-state index is 4.06. The summed E-state index contributed by atoms with van der Waals surface area (Å²) in [6.45, 7) is 4.29. The molecule has 0 aliphatic rings. The third-order valence-corrected chi connectivity index (χ3v) is 2.86. The number of anilines is 1. The molecule has 0 saturated heterocycles.